The fourth-order valence-electron chi connectivity index (χ4n) is 3.55. The summed E-state index contributed by atoms with van der Waals surface area (Å²) in [5, 5.41) is 2.46. The predicted molar refractivity (Wildman–Crippen MR) is 120 cm³/mol. The van der Waals surface area contributed by atoms with Gasteiger partial charge in [-0.2, -0.15) is 13.2 Å². The van der Waals surface area contributed by atoms with Gasteiger partial charge in [-0.15, -0.1) is 0 Å². The lowest BCUT2D eigenvalue weighted by Crippen LogP contribution is -2.27. The molecule has 0 spiro atoms. The maximum atomic E-state index is 13.4. The van der Waals surface area contributed by atoms with Gasteiger partial charge in [0, 0.05) is 11.2 Å². The number of benzene rings is 2. The van der Waals surface area contributed by atoms with Gasteiger partial charge in [-0.1, -0.05) is 30.7 Å². The lowest BCUT2D eigenvalue weighted by atomic mass is 10.1. The molecule has 33 heavy (non-hydrogen) atoms. The van der Waals surface area contributed by atoms with Gasteiger partial charge in [-0.05, 0) is 54.4 Å². The second-order valence-corrected chi connectivity index (χ2v) is 7.74. The molecule has 0 aliphatic carbocycles. The van der Waals surface area contributed by atoms with Crippen molar-refractivity contribution < 1.29 is 18.0 Å². The number of nitrogens with one attached hydrogen (secondary N) is 1. The Hall–Kier alpha value is -3.59. The van der Waals surface area contributed by atoms with Crippen LogP contribution in [0.1, 0.15) is 18.1 Å². The molecule has 1 N–H and O–H groups in total. The average molecular weight is 475 g/mol. The molecule has 0 atom stereocenters. The minimum absolute atomic E-state index is 0.106. The largest absolute Gasteiger partial charge is 0.418 e. The van der Waals surface area contributed by atoms with Crippen LogP contribution < -0.4 is 10.9 Å². The van der Waals surface area contributed by atoms with Gasteiger partial charge in [-0.25, -0.2) is 9.67 Å². The van der Waals surface area contributed by atoms with Crippen LogP contribution in [-0.2, 0) is 23.9 Å². The summed E-state index contributed by atoms with van der Waals surface area (Å²) in [5.74, 6) is -0.760. The molecular formula is C23H18ClF3N4O2. The predicted octanol–water partition coefficient (Wildman–Crippen LogP) is 5.06. The zero-order chi connectivity index (χ0) is 23.8. The van der Waals surface area contributed by atoms with Crippen LogP contribution in [0.4, 0.5) is 18.9 Å². The first-order chi connectivity index (χ1) is 15.7. The lowest BCUT2D eigenvalue weighted by Gasteiger charge is -2.16. The maximum Gasteiger partial charge on any atom is 0.418 e. The van der Waals surface area contributed by atoms with E-state index in [1.165, 1.54) is 21.6 Å². The van der Waals surface area contributed by atoms with E-state index < -0.39 is 35.4 Å². The molecule has 0 radical (unpaired) electrons. The number of carbonyl (C=O) groups is 1. The molecule has 0 aliphatic rings. The molecule has 0 saturated carbocycles. The van der Waals surface area contributed by atoms with Gasteiger partial charge < -0.3 is 5.32 Å². The van der Waals surface area contributed by atoms with Crippen molar-refractivity contribution >= 4 is 34.2 Å². The molecule has 170 valence electrons. The Balaban J connectivity index is 1.75. The van der Waals surface area contributed by atoms with Crippen LogP contribution in [0, 0.1) is 0 Å². The number of fused-ring (bicyclic) bond motifs is 1. The second-order valence-electron chi connectivity index (χ2n) is 7.31. The number of carbonyl (C=O) groups excluding carboxylic acids is 1. The van der Waals surface area contributed by atoms with Crippen LogP contribution in [0.15, 0.2) is 65.6 Å². The Morgan fingerprint density at radius 1 is 1.12 bits per heavy atom. The quantitative estimate of drug-likeness (QED) is 0.439. The van der Waals surface area contributed by atoms with Crippen molar-refractivity contribution in [1.29, 1.82) is 0 Å². The van der Waals surface area contributed by atoms with Gasteiger partial charge in [0.2, 0.25) is 5.91 Å². The standard InChI is InChI=1S/C23H18ClF3N4O2/c1-2-14-5-8-16(9-6-14)31-22(33)17-4-3-11-28-21(17)30(31)13-20(32)29-19-10-7-15(24)12-18(19)23(25,26)27/h3-12H,2,13H2,1H3,(H,29,32). The average Bonchev–Trinajstić information content (AvgIpc) is 3.06. The molecule has 0 aliphatic heterocycles. The number of hydrogen-bond acceptors (Lipinski definition) is 3. The summed E-state index contributed by atoms with van der Waals surface area (Å²) in [7, 11) is 0. The van der Waals surface area contributed by atoms with Crippen molar-refractivity contribution in [3.63, 3.8) is 0 Å². The number of nitrogens with zero attached hydrogens (tertiary/aromatic N) is 3. The van der Waals surface area contributed by atoms with Crippen molar-refractivity contribution in [2.75, 3.05) is 5.32 Å². The first-order valence-electron chi connectivity index (χ1n) is 10.0. The molecule has 10 heteroatoms. The summed E-state index contributed by atoms with van der Waals surface area (Å²) in [6.07, 6.45) is -2.43. The van der Waals surface area contributed by atoms with Crippen LogP contribution in [0.25, 0.3) is 16.7 Å². The van der Waals surface area contributed by atoms with Gasteiger partial charge in [-0.3, -0.25) is 14.3 Å². The fraction of sp³-hybridized carbons (Fsp3) is 0.174. The number of aryl methyl sites for hydroxylation is 1. The minimum atomic E-state index is -4.71. The highest BCUT2D eigenvalue weighted by atomic mass is 35.5. The van der Waals surface area contributed by atoms with Crippen LogP contribution in [0.5, 0.6) is 0 Å². The summed E-state index contributed by atoms with van der Waals surface area (Å²) in [4.78, 5) is 30.1. The van der Waals surface area contributed by atoms with Crippen molar-refractivity contribution in [2.45, 2.75) is 26.1 Å². The Morgan fingerprint density at radius 2 is 1.85 bits per heavy atom. The minimum Gasteiger partial charge on any atom is -0.324 e. The van der Waals surface area contributed by atoms with E-state index >= 15 is 0 Å². The molecular weight excluding hydrogens is 457 g/mol. The number of aromatic nitrogens is 3. The molecule has 1 amide bonds. The summed E-state index contributed by atoms with van der Waals surface area (Å²) in [6, 6.07) is 13.5. The van der Waals surface area contributed by atoms with E-state index in [1.54, 1.807) is 24.3 Å². The molecule has 0 bridgehead atoms. The van der Waals surface area contributed by atoms with Gasteiger partial charge in [0.05, 0.1) is 22.3 Å². The van der Waals surface area contributed by atoms with Crippen molar-refractivity contribution in [2.24, 2.45) is 0 Å². The third kappa shape index (κ3) is 4.49. The molecule has 2 aromatic heterocycles. The molecule has 0 saturated heterocycles. The van der Waals surface area contributed by atoms with E-state index in [2.05, 4.69) is 10.3 Å². The second kappa shape index (κ2) is 8.74. The Morgan fingerprint density at radius 3 is 2.52 bits per heavy atom. The van der Waals surface area contributed by atoms with Crippen molar-refractivity contribution in [1.82, 2.24) is 14.3 Å². The highest BCUT2D eigenvalue weighted by Crippen LogP contribution is 2.36. The van der Waals surface area contributed by atoms with E-state index in [0.717, 1.165) is 24.1 Å². The van der Waals surface area contributed by atoms with Crippen molar-refractivity contribution in [3.8, 4) is 5.69 Å². The van der Waals surface area contributed by atoms with Crippen molar-refractivity contribution in [3.05, 3.63) is 87.3 Å². The first kappa shape index (κ1) is 22.6. The third-order valence-corrected chi connectivity index (χ3v) is 5.37. The topological polar surface area (TPSA) is 68.9 Å². The molecule has 2 heterocycles. The fourth-order valence-corrected chi connectivity index (χ4v) is 3.72. The Bertz CT molecular complexity index is 1390. The van der Waals surface area contributed by atoms with Crippen LogP contribution in [0.3, 0.4) is 0 Å². The highest BCUT2D eigenvalue weighted by Gasteiger charge is 2.34. The smallest absolute Gasteiger partial charge is 0.324 e. The van der Waals surface area contributed by atoms with Gasteiger partial charge >= 0.3 is 6.18 Å². The summed E-state index contributed by atoms with van der Waals surface area (Å²) in [5.41, 5.74) is -0.0749. The molecule has 4 rings (SSSR count). The van der Waals surface area contributed by atoms with E-state index in [0.29, 0.717) is 5.69 Å². The summed E-state index contributed by atoms with van der Waals surface area (Å²) < 4.78 is 42.8. The first-order valence-corrected chi connectivity index (χ1v) is 10.4. The molecule has 4 aromatic rings. The SMILES string of the molecule is CCc1ccc(-n2c(=O)c3cccnc3n2CC(=O)Nc2ccc(Cl)cc2C(F)(F)F)cc1. The van der Waals surface area contributed by atoms with E-state index in [4.69, 9.17) is 11.6 Å². The number of hydrogen-bond donors (Lipinski definition) is 1. The van der Waals surface area contributed by atoms with E-state index in [-0.39, 0.29) is 16.1 Å². The number of pyridine rings is 1. The Kier molecular flexibility index (Phi) is 5.99. The highest BCUT2D eigenvalue weighted by molar-refractivity contribution is 6.30. The maximum absolute atomic E-state index is 13.4. The lowest BCUT2D eigenvalue weighted by molar-refractivity contribution is -0.137. The molecule has 6 nitrogen and oxygen atoms in total. The molecule has 0 unspecified atom stereocenters. The number of halogens is 4. The van der Waals surface area contributed by atoms with Crippen LogP contribution in [0.2, 0.25) is 5.02 Å². The van der Waals surface area contributed by atoms with Crippen LogP contribution >= 0.6 is 11.6 Å². The number of alkyl halides is 3. The monoisotopic (exact) mass is 474 g/mol. The Labute approximate surface area is 191 Å². The summed E-state index contributed by atoms with van der Waals surface area (Å²) in [6.45, 7) is 1.56. The zero-order valence-corrected chi connectivity index (χ0v) is 18.1. The van der Waals surface area contributed by atoms with Gasteiger partial charge in [0.1, 0.15) is 6.54 Å². The van der Waals surface area contributed by atoms with E-state index in [1.807, 2.05) is 19.1 Å². The van der Waals surface area contributed by atoms with E-state index in [9.17, 15) is 22.8 Å². The molecule has 2 aromatic carbocycles. The summed E-state index contributed by atoms with van der Waals surface area (Å²) >= 11 is 5.70. The van der Waals surface area contributed by atoms with Gasteiger partial charge in [0.15, 0.2) is 5.65 Å². The number of amides is 1. The number of anilines is 1. The van der Waals surface area contributed by atoms with Crippen LogP contribution in [-0.4, -0.2) is 20.3 Å². The normalized spacial score (nSPS) is 11.7. The molecule has 0 fully saturated rings. The van der Waals surface area contributed by atoms with Gasteiger partial charge in [0.25, 0.3) is 5.56 Å². The number of rotatable bonds is 5. The third-order valence-electron chi connectivity index (χ3n) is 5.14. The zero-order valence-electron chi connectivity index (χ0n) is 17.4.